The maximum absolute atomic E-state index is 12.1. The van der Waals surface area contributed by atoms with Crippen LogP contribution < -0.4 is 16.0 Å². The molecule has 1 fully saturated rings. The molecule has 1 aliphatic rings. The van der Waals surface area contributed by atoms with Crippen LogP contribution in [0.5, 0.6) is 0 Å². The molecule has 0 radical (unpaired) electrons. The van der Waals surface area contributed by atoms with E-state index < -0.39 is 6.10 Å². The van der Waals surface area contributed by atoms with E-state index in [1.807, 2.05) is 0 Å². The normalized spacial score (nSPS) is 16.8. The minimum atomic E-state index is -0.727. The lowest BCUT2D eigenvalue weighted by atomic mass is 10.1. The summed E-state index contributed by atoms with van der Waals surface area (Å²) in [6.07, 6.45) is 2.80. The van der Waals surface area contributed by atoms with Crippen molar-refractivity contribution >= 4 is 28.2 Å². The third-order valence-corrected chi connectivity index (χ3v) is 4.46. The lowest BCUT2D eigenvalue weighted by Crippen LogP contribution is -2.34. The van der Waals surface area contributed by atoms with Gasteiger partial charge in [0.1, 0.15) is 10.7 Å². The average Bonchev–Trinajstić information content (AvgIpc) is 2.88. The molecule has 2 heterocycles. The molecule has 1 aliphatic heterocycles. The number of carbonyl (C=O) groups excluding carboxylic acids is 1. The van der Waals surface area contributed by atoms with Gasteiger partial charge >= 0.3 is 0 Å². The molecule has 2 rings (SSSR count). The van der Waals surface area contributed by atoms with Crippen LogP contribution in [-0.2, 0) is 4.74 Å². The molecule has 21 heavy (non-hydrogen) atoms. The summed E-state index contributed by atoms with van der Waals surface area (Å²) in [6, 6.07) is 0. The van der Waals surface area contributed by atoms with Crippen LogP contribution in [0.25, 0.3) is 0 Å². The van der Waals surface area contributed by atoms with Crippen molar-refractivity contribution in [2.45, 2.75) is 25.4 Å². The van der Waals surface area contributed by atoms with E-state index in [9.17, 15) is 9.90 Å². The number of nitrogens with two attached hydrogens (primary N) is 1. The Morgan fingerprint density at radius 3 is 2.90 bits per heavy atom. The van der Waals surface area contributed by atoms with Crippen LogP contribution >= 0.6 is 11.3 Å². The highest BCUT2D eigenvalue weighted by Gasteiger charge is 2.21. The molecule has 1 saturated heterocycles. The number of ether oxygens (including phenoxy) is 1. The molecule has 1 aromatic heterocycles. The number of nitrogen functional groups attached to an aromatic ring is 1. The molecule has 118 valence electrons. The van der Waals surface area contributed by atoms with Gasteiger partial charge in [-0.25, -0.2) is 4.98 Å². The largest absolute Gasteiger partial charge is 0.389 e. The Labute approximate surface area is 128 Å². The smallest absolute Gasteiger partial charge is 0.265 e. The predicted molar refractivity (Wildman–Crippen MR) is 82.8 cm³/mol. The third-order valence-electron chi connectivity index (χ3n) is 3.33. The highest BCUT2D eigenvalue weighted by molar-refractivity contribution is 7.18. The second-order valence-corrected chi connectivity index (χ2v) is 6.06. The minimum absolute atomic E-state index is 0.128. The monoisotopic (exact) mass is 314 g/mol. The Morgan fingerprint density at radius 2 is 2.24 bits per heavy atom. The molecule has 8 heteroatoms. The summed E-state index contributed by atoms with van der Waals surface area (Å²) in [7, 11) is 1.50. The number of hydrogen-bond acceptors (Lipinski definition) is 7. The minimum Gasteiger partial charge on any atom is -0.389 e. The summed E-state index contributed by atoms with van der Waals surface area (Å²) >= 11 is 1.30. The van der Waals surface area contributed by atoms with Crippen molar-refractivity contribution in [1.82, 2.24) is 10.3 Å². The molecule has 0 aliphatic carbocycles. The number of nitrogens with one attached hydrogen (secondary N) is 1. The van der Waals surface area contributed by atoms with E-state index in [-0.39, 0.29) is 24.9 Å². The number of anilines is 2. The number of aliphatic hydroxyl groups excluding tert-OH is 1. The van der Waals surface area contributed by atoms with Crippen LogP contribution in [0.2, 0.25) is 0 Å². The number of rotatable bonds is 6. The van der Waals surface area contributed by atoms with Crippen molar-refractivity contribution in [1.29, 1.82) is 0 Å². The number of piperidine rings is 1. The fourth-order valence-electron chi connectivity index (χ4n) is 2.25. The highest BCUT2D eigenvalue weighted by Crippen LogP contribution is 2.29. The van der Waals surface area contributed by atoms with E-state index in [1.54, 1.807) is 0 Å². The van der Waals surface area contributed by atoms with Gasteiger partial charge in [0, 0.05) is 26.7 Å². The zero-order valence-corrected chi connectivity index (χ0v) is 13.0. The quantitative estimate of drug-likeness (QED) is 0.705. The van der Waals surface area contributed by atoms with E-state index >= 15 is 0 Å². The maximum atomic E-state index is 12.1. The average molecular weight is 314 g/mol. The number of methoxy groups -OCH3 is 1. The first-order chi connectivity index (χ1) is 10.1. The maximum Gasteiger partial charge on any atom is 0.265 e. The predicted octanol–water partition coefficient (Wildman–Crippen LogP) is 0.453. The first kappa shape index (κ1) is 16.0. The number of aromatic nitrogens is 1. The topological polar surface area (TPSA) is 101 Å². The van der Waals surface area contributed by atoms with Crippen LogP contribution in [0.15, 0.2) is 0 Å². The number of carbonyl (C=O) groups is 1. The standard InChI is InChI=1S/C13H22N4O3S/c1-20-8-9(18)7-15-12(19)10-11(14)16-13(21-10)17-5-3-2-4-6-17/h9,18H,2-8,14H2,1H3,(H,15,19). The first-order valence-corrected chi connectivity index (χ1v) is 7.90. The van der Waals surface area contributed by atoms with E-state index in [1.165, 1.54) is 24.9 Å². The fourth-order valence-corrected chi connectivity index (χ4v) is 3.20. The number of thiazole rings is 1. The molecular formula is C13H22N4O3S. The Hall–Kier alpha value is -1.38. The van der Waals surface area contributed by atoms with E-state index in [4.69, 9.17) is 10.5 Å². The Bertz CT molecular complexity index is 474. The van der Waals surface area contributed by atoms with Gasteiger partial charge in [-0.2, -0.15) is 0 Å². The zero-order valence-electron chi connectivity index (χ0n) is 12.2. The molecular weight excluding hydrogens is 292 g/mol. The molecule has 1 unspecified atom stereocenters. The van der Waals surface area contributed by atoms with Crippen molar-refractivity contribution in [3.63, 3.8) is 0 Å². The van der Waals surface area contributed by atoms with Gasteiger partial charge < -0.3 is 25.8 Å². The van der Waals surface area contributed by atoms with Crippen LogP contribution in [0, 0.1) is 0 Å². The highest BCUT2D eigenvalue weighted by atomic mass is 32.1. The molecule has 0 aromatic carbocycles. The molecule has 7 nitrogen and oxygen atoms in total. The van der Waals surface area contributed by atoms with E-state index in [0.29, 0.717) is 4.88 Å². The lowest BCUT2D eigenvalue weighted by Gasteiger charge is -2.25. The fraction of sp³-hybridized carbons (Fsp3) is 0.692. The van der Waals surface area contributed by atoms with Crippen molar-refractivity contribution < 1.29 is 14.6 Å². The van der Waals surface area contributed by atoms with Gasteiger partial charge in [-0.05, 0) is 19.3 Å². The molecule has 1 aromatic rings. The molecule has 0 saturated carbocycles. The first-order valence-electron chi connectivity index (χ1n) is 7.08. The second kappa shape index (κ2) is 7.58. The Balaban J connectivity index is 1.96. The van der Waals surface area contributed by atoms with Gasteiger partial charge in [0.25, 0.3) is 5.91 Å². The second-order valence-electron chi connectivity index (χ2n) is 5.08. The van der Waals surface area contributed by atoms with Crippen molar-refractivity contribution in [3.05, 3.63) is 4.88 Å². The van der Waals surface area contributed by atoms with Crippen molar-refractivity contribution in [2.75, 3.05) is 44.0 Å². The van der Waals surface area contributed by atoms with Gasteiger partial charge in [-0.3, -0.25) is 4.79 Å². The summed E-state index contributed by atoms with van der Waals surface area (Å²) in [6.45, 7) is 2.22. The van der Waals surface area contributed by atoms with Gasteiger partial charge in [0.05, 0.1) is 12.7 Å². The molecule has 0 bridgehead atoms. The SMILES string of the molecule is COCC(O)CNC(=O)c1sc(N2CCCCC2)nc1N. The van der Waals surface area contributed by atoms with Crippen LogP contribution in [0.1, 0.15) is 28.9 Å². The summed E-state index contributed by atoms with van der Waals surface area (Å²) < 4.78 is 4.81. The van der Waals surface area contributed by atoms with Crippen LogP contribution in [0.4, 0.5) is 10.9 Å². The number of amides is 1. The third kappa shape index (κ3) is 4.29. The molecule has 1 atom stereocenters. The number of nitrogens with zero attached hydrogens (tertiary/aromatic N) is 2. The van der Waals surface area contributed by atoms with Gasteiger partial charge in [-0.1, -0.05) is 11.3 Å². The molecule has 0 spiro atoms. The number of hydrogen-bond donors (Lipinski definition) is 3. The summed E-state index contributed by atoms with van der Waals surface area (Å²) in [5.74, 6) is -0.0530. The Morgan fingerprint density at radius 1 is 1.52 bits per heavy atom. The zero-order chi connectivity index (χ0) is 15.2. The van der Waals surface area contributed by atoms with E-state index in [2.05, 4.69) is 15.2 Å². The van der Waals surface area contributed by atoms with Crippen molar-refractivity contribution in [2.24, 2.45) is 0 Å². The van der Waals surface area contributed by atoms with Crippen LogP contribution in [0.3, 0.4) is 0 Å². The lowest BCUT2D eigenvalue weighted by molar-refractivity contribution is 0.0611. The summed E-state index contributed by atoms with van der Waals surface area (Å²) in [4.78, 5) is 18.9. The molecule has 4 N–H and O–H groups in total. The van der Waals surface area contributed by atoms with Crippen LogP contribution in [-0.4, -0.2) is 55.5 Å². The Kier molecular flexibility index (Phi) is 5.77. The summed E-state index contributed by atoms with van der Waals surface area (Å²) in [5.41, 5.74) is 5.84. The van der Waals surface area contributed by atoms with Gasteiger partial charge in [0.2, 0.25) is 0 Å². The van der Waals surface area contributed by atoms with Gasteiger partial charge in [-0.15, -0.1) is 0 Å². The van der Waals surface area contributed by atoms with Gasteiger partial charge in [0.15, 0.2) is 5.13 Å². The molecule has 1 amide bonds. The summed E-state index contributed by atoms with van der Waals surface area (Å²) in [5, 5.41) is 13.0. The number of aliphatic hydroxyl groups is 1. The van der Waals surface area contributed by atoms with Crippen molar-refractivity contribution in [3.8, 4) is 0 Å². The van der Waals surface area contributed by atoms with E-state index in [0.717, 1.165) is 31.1 Å².